The molecule has 0 atom stereocenters. The summed E-state index contributed by atoms with van der Waals surface area (Å²) in [6.07, 6.45) is 0. The molecule has 0 fully saturated rings. The van der Waals surface area contributed by atoms with Crippen molar-refractivity contribution in [2.24, 2.45) is 0 Å². The number of hydrogen-bond donors (Lipinski definition) is 0. The normalized spacial score (nSPS) is 11.5. The highest BCUT2D eigenvalue weighted by Gasteiger charge is 2.12. The average molecular weight is 219 g/mol. The summed E-state index contributed by atoms with van der Waals surface area (Å²) in [6.45, 7) is 0. The van der Waals surface area contributed by atoms with Crippen LogP contribution < -0.4 is 5.73 Å². The lowest BCUT2D eigenvalue weighted by Crippen LogP contribution is -2.07. The van der Waals surface area contributed by atoms with E-state index in [1.807, 2.05) is 0 Å². The van der Waals surface area contributed by atoms with Crippen LogP contribution >= 0.6 is 11.6 Å². The van der Waals surface area contributed by atoms with E-state index in [0.717, 1.165) is 0 Å². The van der Waals surface area contributed by atoms with E-state index in [4.69, 9.17) is 17.3 Å². The summed E-state index contributed by atoms with van der Waals surface area (Å²) in [5, 5.41) is 0. The molecule has 1 radical (unpaired) electrons. The average Bonchev–Trinajstić information content (AvgIpc) is 2.05. The van der Waals surface area contributed by atoms with E-state index >= 15 is 0 Å². The molecule has 0 saturated heterocycles. The Morgan fingerprint density at radius 1 is 1.23 bits per heavy atom. The summed E-state index contributed by atoms with van der Waals surface area (Å²) < 4.78 is 22.8. The van der Waals surface area contributed by atoms with E-state index in [0.29, 0.717) is 5.69 Å². The van der Waals surface area contributed by atoms with Crippen LogP contribution in [0.25, 0.3) is 0 Å². The molecular formula is C8H9ClNO2S. The van der Waals surface area contributed by atoms with Gasteiger partial charge in [0.1, 0.15) is 0 Å². The topological polar surface area (TPSA) is 57.9 Å². The first-order valence-corrected chi connectivity index (χ1v) is 5.85. The molecule has 0 aliphatic heterocycles. The second-order valence-electron chi connectivity index (χ2n) is 2.53. The van der Waals surface area contributed by atoms with Crippen molar-refractivity contribution < 1.29 is 8.42 Å². The summed E-state index contributed by atoms with van der Waals surface area (Å²) >= 11 is 5.35. The summed E-state index contributed by atoms with van der Waals surface area (Å²) in [4.78, 5) is 0.226. The van der Waals surface area contributed by atoms with Crippen LogP contribution in [0.5, 0.6) is 0 Å². The van der Waals surface area contributed by atoms with Crippen molar-refractivity contribution in [2.75, 3.05) is 11.6 Å². The fraction of sp³-hybridized carbons (Fsp3) is 0.250. The molecule has 0 saturated carbocycles. The van der Waals surface area contributed by atoms with E-state index in [1.165, 1.54) is 24.3 Å². The fourth-order valence-electron chi connectivity index (χ4n) is 0.882. The van der Waals surface area contributed by atoms with Crippen molar-refractivity contribution in [3.8, 4) is 0 Å². The molecule has 1 aromatic carbocycles. The van der Waals surface area contributed by atoms with Gasteiger partial charge in [-0.2, -0.15) is 0 Å². The number of halogens is 1. The van der Waals surface area contributed by atoms with Crippen molar-refractivity contribution in [1.82, 2.24) is 5.73 Å². The van der Waals surface area contributed by atoms with Crippen molar-refractivity contribution >= 4 is 27.1 Å². The van der Waals surface area contributed by atoms with Gasteiger partial charge in [-0.05, 0) is 24.3 Å². The minimum atomic E-state index is -3.24. The molecule has 5 heteroatoms. The van der Waals surface area contributed by atoms with Gasteiger partial charge in [0, 0.05) is 5.88 Å². The lowest BCUT2D eigenvalue weighted by Gasteiger charge is -2.01. The standard InChI is InChI=1S/C8H9ClNO2S/c9-5-6-13(11,12)8-3-1-7(10)2-4-8/h1-4,10H,5-6H2. The predicted octanol–water partition coefficient (Wildman–Crippen LogP) is 1.61. The van der Waals surface area contributed by atoms with Gasteiger partial charge in [-0.1, -0.05) is 0 Å². The van der Waals surface area contributed by atoms with E-state index < -0.39 is 9.84 Å². The molecule has 0 aromatic heterocycles. The molecule has 0 unspecified atom stereocenters. The third kappa shape index (κ3) is 2.60. The number of rotatable bonds is 3. The van der Waals surface area contributed by atoms with Gasteiger partial charge in [-0.3, -0.25) is 0 Å². The zero-order valence-electron chi connectivity index (χ0n) is 6.83. The summed E-state index contributed by atoms with van der Waals surface area (Å²) in [7, 11) is -3.24. The van der Waals surface area contributed by atoms with Gasteiger partial charge in [-0.25, -0.2) is 8.42 Å². The molecule has 1 rings (SSSR count). The molecule has 0 aliphatic carbocycles. The van der Waals surface area contributed by atoms with Crippen LogP contribution in [0, 0.1) is 0 Å². The van der Waals surface area contributed by atoms with Gasteiger partial charge in [0.15, 0.2) is 9.84 Å². The molecule has 3 nitrogen and oxygen atoms in total. The number of alkyl halides is 1. The van der Waals surface area contributed by atoms with Crippen LogP contribution in [0.3, 0.4) is 0 Å². The number of benzene rings is 1. The molecule has 0 heterocycles. The summed E-state index contributed by atoms with van der Waals surface area (Å²) in [5.41, 5.74) is 7.47. The van der Waals surface area contributed by atoms with Crippen LogP contribution in [-0.2, 0) is 9.84 Å². The minimum Gasteiger partial charge on any atom is -0.301 e. The van der Waals surface area contributed by atoms with Crippen LogP contribution in [0.2, 0.25) is 0 Å². The van der Waals surface area contributed by atoms with E-state index in [1.54, 1.807) is 0 Å². The quantitative estimate of drug-likeness (QED) is 0.724. The molecular weight excluding hydrogens is 210 g/mol. The van der Waals surface area contributed by atoms with Crippen molar-refractivity contribution in [2.45, 2.75) is 4.90 Å². The molecule has 0 bridgehead atoms. The number of hydrogen-bond acceptors (Lipinski definition) is 2. The highest BCUT2D eigenvalue weighted by molar-refractivity contribution is 7.91. The zero-order chi connectivity index (χ0) is 9.90. The second-order valence-corrected chi connectivity index (χ2v) is 5.02. The first-order chi connectivity index (χ1) is 6.06. The Bertz CT molecular complexity index is 372. The van der Waals surface area contributed by atoms with Gasteiger partial charge in [0.05, 0.1) is 16.3 Å². The first-order valence-electron chi connectivity index (χ1n) is 3.66. The molecule has 71 valence electrons. The number of nitrogens with one attached hydrogen (secondary N) is 1. The highest BCUT2D eigenvalue weighted by Crippen LogP contribution is 2.14. The van der Waals surface area contributed by atoms with E-state index in [9.17, 15) is 8.42 Å². The van der Waals surface area contributed by atoms with Gasteiger partial charge < -0.3 is 5.73 Å². The molecule has 0 spiro atoms. The predicted molar refractivity (Wildman–Crippen MR) is 52.0 cm³/mol. The summed E-state index contributed by atoms with van der Waals surface area (Å²) in [6, 6.07) is 5.73. The Balaban J connectivity index is 3.02. The maximum atomic E-state index is 11.4. The molecule has 0 aliphatic rings. The largest absolute Gasteiger partial charge is 0.301 e. The SMILES string of the molecule is [NH]c1ccc(S(=O)(=O)CCCl)cc1. The molecule has 1 aromatic rings. The Kier molecular flexibility index (Phi) is 3.17. The van der Waals surface area contributed by atoms with Crippen LogP contribution in [0.4, 0.5) is 5.69 Å². The van der Waals surface area contributed by atoms with Gasteiger partial charge in [0.25, 0.3) is 0 Å². The lowest BCUT2D eigenvalue weighted by atomic mass is 10.3. The van der Waals surface area contributed by atoms with Crippen LogP contribution in [-0.4, -0.2) is 20.1 Å². The highest BCUT2D eigenvalue weighted by atomic mass is 35.5. The monoisotopic (exact) mass is 218 g/mol. The third-order valence-corrected chi connectivity index (χ3v) is 3.70. The first kappa shape index (κ1) is 10.3. The third-order valence-electron chi connectivity index (χ3n) is 1.56. The van der Waals surface area contributed by atoms with Crippen molar-refractivity contribution in [1.29, 1.82) is 0 Å². The van der Waals surface area contributed by atoms with Crippen molar-refractivity contribution in [3.63, 3.8) is 0 Å². The maximum Gasteiger partial charge on any atom is 0.179 e. The summed E-state index contributed by atoms with van der Waals surface area (Å²) in [5.74, 6) is 0.0247. The fourth-order valence-corrected chi connectivity index (χ4v) is 2.48. The Labute approximate surface area is 82.4 Å². The molecule has 13 heavy (non-hydrogen) atoms. The lowest BCUT2D eigenvalue weighted by molar-refractivity contribution is 0.597. The van der Waals surface area contributed by atoms with Gasteiger partial charge in [0.2, 0.25) is 0 Å². The van der Waals surface area contributed by atoms with Crippen LogP contribution in [0.1, 0.15) is 0 Å². The minimum absolute atomic E-state index is 0.0636. The van der Waals surface area contributed by atoms with E-state index in [2.05, 4.69) is 0 Å². The zero-order valence-corrected chi connectivity index (χ0v) is 8.40. The Morgan fingerprint density at radius 2 is 1.77 bits per heavy atom. The van der Waals surface area contributed by atoms with Gasteiger partial charge >= 0.3 is 0 Å². The molecule has 0 amide bonds. The second kappa shape index (κ2) is 3.98. The number of sulfone groups is 1. The van der Waals surface area contributed by atoms with Crippen molar-refractivity contribution in [3.05, 3.63) is 24.3 Å². The maximum absolute atomic E-state index is 11.4. The molecule has 1 N–H and O–H groups in total. The Morgan fingerprint density at radius 3 is 2.23 bits per heavy atom. The van der Waals surface area contributed by atoms with E-state index in [-0.39, 0.29) is 16.5 Å². The van der Waals surface area contributed by atoms with Crippen LogP contribution in [0.15, 0.2) is 29.2 Å². The van der Waals surface area contributed by atoms with Gasteiger partial charge in [-0.15, -0.1) is 11.6 Å². The smallest absolute Gasteiger partial charge is 0.179 e. The Hall–Kier alpha value is -0.740.